The first kappa shape index (κ1) is 19.6. The van der Waals surface area contributed by atoms with E-state index >= 15 is 0 Å². The summed E-state index contributed by atoms with van der Waals surface area (Å²) in [6, 6.07) is 21.8. The zero-order valence-electron chi connectivity index (χ0n) is 17.0. The molecule has 1 amide bonds. The van der Waals surface area contributed by atoms with Gasteiger partial charge in [-0.1, -0.05) is 48.5 Å². The molecule has 1 saturated heterocycles. The Kier molecular flexibility index (Phi) is 5.30. The Morgan fingerprint density at radius 3 is 2.61 bits per heavy atom. The van der Waals surface area contributed by atoms with Gasteiger partial charge in [-0.15, -0.1) is 0 Å². The van der Waals surface area contributed by atoms with E-state index in [0.29, 0.717) is 24.6 Å². The molecular weight excluding hydrogens is 406 g/mol. The Bertz CT molecular complexity index is 1200. The summed E-state index contributed by atoms with van der Waals surface area (Å²) in [7, 11) is 0. The highest BCUT2D eigenvalue weighted by Crippen LogP contribution is 2.27. The summed E-state index contributed by atoms with van der Waals surface area (Å²) in [6.45, 7) is 1.05. The van der Waals surface area contributed by atoms with Gasteiger partial charge in [-0.3, -0.25) is 9.69 Å². The number of aromatic nitrogens is 1. The maximum atomic E-state index is 13.5. The van der Waals surface area contributed by atoms with E-state index in [-0.39, 0.29) is 11.9 Å². The van der Waals surface area contributed by atoms with Crippen molar-refractivity contribution < 1.29 is 9.21 Å². The molecular formula is C25H23N3O2S. The number of hydrogen-bond donors (Lipinski definition) is 1. The molecule has 1 N–H and O–H groups in total. The predicted molar refractivity (Wildman–Crippen MR) is 124 cm³/mol. The molecule has 5 nitrogen and oxygen atoms in total. The van der Waals surface area contributed by atoms with Crippen LogP contribution in [0.2, 0.25) is 0 Å². The number of aromatic amines is 1. The maximum Gasteiger partial charge on any atom is 0.251 e. The van der Waals surface area contributed by atoms with Crippen molar-refractivity contribution in [1.82, 2.24) is 14.8 Å². The SMILES string of the molecule is O=C1C(Cc2c[nH]c3ccccc23)N(Cc2ccco2)C(=S)N1CCc1ccccc1. The molecule has 1 aliphatic rings. The van der Waals surface area contributed by atoms with Gasteiger partial charge in [0, 0.05) is 30.1 Å². The summed E-state index contributed by atoms with van der Waals surface area (Å²) in [5, 5.41) is 1.71. The minimum atomic E-state index is -0.354. The third kappa shape index (κ3) is 3.86. The van der Waals surface area contributed by atoms with Crippen LogP contribution < -0.4 is 0 Å². The van der Waals surface area contributed by atoms with Gasteiger partial charge in [0.2, 0.25) is 0 Å². The fraction of sp³-hybridized carbons (Fsp3) is 0.200. The zero-order valence-corrected chi connectivity index (χ0v) is 17.8. The van der Waals surface area contributed by atoms with Crippen molar-refractivity contribution >= 4 is 34.1 Å². The summed E-state index contributed by atoms with van der Waals surface area (Å²) in [6.07, 6.45) is 5.00. The standard InChI is InChI=1S/C25H23N3O2S/c29-24-23(15-19-16-26-22-11-5-4-10-21(19)22)28(17-20-9-6-14-30-20)25(31)27(24)13-12-18-7-2-1-3-8-18/h1-11,14,16,23,26H,12-13,15,17H2. The first-order chi connectivity index (χ1) is 15.2. The van der Waals surface area contributed by atoms with E-state index in [4.69, 9.17) is 16.6 Å². The van der Waals surface area contributed by atoms with Crippen LogP contribution >= 0.6 is 12.2 Å². The number of nitrogens with zero attached hydrogens (tertiary/aromatic N) is 2. The zero-order chi connectivity index (χ0) is 21.2. The molecule has 0 bridgehead atoms. The minimum absolute atomic E-state index is 0.0535. The van der Waals surface area contributed by atoms with E-state index < -0.39 is 0 Å². The van der Waals surface area contributed by atoms with Crippen molar-refractivity contribution in [3.8, 4) is 0 Å². The highest BCUT2D eigenvalue weighted by atomic mass is 32.1. The third-order valence-electron chi connectivity index (χ3n) is 5.87. The summed E-state index contributed by atoms with van der Waals surface area (Å²) >= 11 is 5.78. The molecule has 3 heterocycles. The van der Waals surface area contributed by atoms with E-state index in [0.717, 1.165) is 28.6 Å². The lowest BCUT2D eigenvalue weighted by atomic mass is 10.0. The van der Waals surface area contributed by atoms with Crippen LogP contribution in [0.25, 0.3) is 10.9 Å². The van der Waals surface area contributed by atoms with Crippen LogP contribution in [0, 0.1) is 0 Å². The fourth-order valence-electron chi connectivity index (χ4n) is 4.24. The van der Waals surface area contributed by atoms with Gasteiger partial charge in [0.1, 0.15) is 11.8 Å². The normalized spacial score (nSPS) is 16.6. The van der Waals surface area contributed by atoms with Crippen LogP contribution in [-0.2, 0) is 24.2 Å². The van der Waals surface area contributed by atoms with Gasteiger partial charge in [-0.05, 0) is 48.0 Å². The van der Waals surface area contributed by atoms with Crippen LogP contribution in [0.5, 0.6) is 0 Å². The maximum absolute atomic E-state index is 13.5. The molecule has 0 aliphatic carbocycles. The molecule has 0 saturated carbocycles. The van der Waals surface area contributed by atoms with Crippen LogP contribution in [-0.4, -0.2) is 38.4 Å². The first-order valence-corrected chi connectivity index (χ1v) is 10.8. The van der Waals surface area contributed by atoms with Gasteiger partial charge in [0.25, 0.3) is 5.91 Å². The van der Waals surface area contributed by atoms with E-state index in [2.05, 4.69) is 23.2 Å². The molecule has 31 heavy (non-hydrogen) atoms. The van der Waals surface area contributed by atoms with E-state index in [9.17, 15) is 4.79 Å². The highest BCUT2D eigenvalue weighted by molar-refractivity contribution is 7.80. The smallest absolute Gasteiger partial charge is 0.251 e. The van der Waals surface area contributed by atoms with E-state index in [1.165, 1.54) is 5.56 Å². The number of furan rings is 1. The molecule has 0 radical (unpaired) electrons. The van der Waals surface area contributed by atoms with Gasteiger partial charge in [0.15, 0.2) is 5.11 Å². The average molecular weight is 430 g/mol. The number of H-pyrrole nitrogens is 1. The minimum Gasteiger partial charge on any atom is -0.467 e. The lowest BCUT2D eigenvalue weighted by Crippen LogP contribution is -2.36. The van der Waals surface area contributed by atoms with E-state index in [1.54, 1.807) is 11.2 Å². The average Bonchev–Trinajstić information content (AvgIpc) is 3.51. The highest BCUT2D eigenvalue weighted by Gasteiger charge is 2.42. The molecule has 6 heteroatoms. The molecule has 1 fully saturated rings. The molecule has 156 valence electrons. The van der Waals surface area contributed by atoms with Crippen molar-refractivity contribution in [1.29, 1.82) is 0 Å². The van der Waals surface area contributed by atoms with Crippen molar-refractivity contribution in [2.75, 3.05) is 6.54 Å². The quantitative estimate of drug-likeness (QED) is 0.438. The van der Waals surface area contributed by atoms with Gasteiger partial charge >= 0.3 is 0 Å². The largest absolute Gasteiger partial charge is 0.467 e. The Hall–Kier alpha value is -3.38. The number of thiocarbonyl (C=S) groups is 1. The lowest BCUT2D eigenvalue weighted by Gasteiger charge is -2.23. The summed E-state index contributed by atoms with van der Waals surface area (Å²) in [5.41, 5.74) is 3.38. The topological polar surface area (TPSA) is 52.5 Å². The second-order valence-electron chi connectivity index (χ2n) is 7.79. The molecule has 1 unspecified atom stereocenters. The van der Waals surface area contributed by atoms with Crippen molar-refractivity contribution in [2.45, 2.75) is 25.4 Å². The van der Waals surface area contributed by atoms with E-state index in [1.807, 2.05) is 59.6 Å². The molecule has 1 atom stereocenters. The number of para-hydroxylation sites is 1. The number of amides is 1. The molecule has 1 aliphatic heterocycles. The predicted octanol–water partition coefficient (Wildman–Crippen LogP) is 4.54. The van der Waals surface area contributed by atoms with Crippen molar-refractivity contribution in [3.63, 3.8) is 0 Å². The summed E-state index contributed by atoms with van der Waals surface area (Å²) in [5.74, 6) is 0.849. The molecule has 2 aromatic carbocycles. The lowest BCUT2D eigenvalue weighted by molar-refractivity contribution is -0.128. The van der Waals surface area contributed by atoms with Crippen LogP contribution in [0.4, 0.5) is 0 Å². The summed E-state index contributed by atoms with van der Waals surface area (Å²) < 4.78 is 5.56. The number of rotatable bonds is 7. The Labute approximate surface area is 186 Å². The number of nitrogens with one attached hydrogen (secondary N) is 1. The van der Waals surface area contributed by atoms with Crippen LogP contribution in [0.1, 0.15) is 16.9 Å². The number of benzene rings is 2. The van der Waals surface area contributed by atoms with Crippen LogP contribution in [0.3, 0.4) is 0 Å². The number of carbonyl (C=O) groups excluding carboxylic acids is 1. The third-order valence-corrected chi connectivity index (χ3v) is 6.32. The number of hydrogen-bond acceptors (Lipinski definition) is 3. The van der Waals surface area contributed by atoms with Crippen molar-refractivity contribution in [2.24, 2.45) is 0 Å². The Morgan fingerprint density at radius 2 is 1.81 bits per heavy atom. The molecule has 4 aromatic rings. The van der Waals surface area contributed by atoms with Crippen molar-refractivity contribution in [3.05, 3.63) is 96.1 Å². The Balaban J connectivity index is 1.41. The second kappa shape index (κ2) is 8.40. The second-order valence-corrected chi connectivity index (χ2v) is 8.16. The van der Waals surface area contributed by atoms with Gasteiger partial charge in [-0.2, -0.15) is 0 Å². The summed E-state index contributed by atoms with van der Waals surface area (Å²) in [4.78, 5) is 20.6. The fourth-order valence-corrected chi connectivity index (χ4v) is 4.61. The molecule has 0 spiro atoms. The Morgan fingerprint density at radius 1 is 1.00 bits per heavy atom. The van der Waals surface area contributed by atoms with Crippen LogP contribution in [0.15, 0.2) is 83.6 Å². The first-order valence-electron chi connectivity index (χ1n) is 10.4. The monoisotopic (exact) mass is 429 g/mol. The van der Waals surface area contributed by atoms with Gasteiger partial charge in [0.05, 0.1) is 12.8 Å². The molecule has 2 aromatic heterocycles. The van der Waals surface area contributed by atoms with Gasteiger partial charge in [-0.25, -0.2) is 0 Å². The number of carbonyl (C=O) groups is 1. The van der Waals surface area contributed by atoms with Gasteiger partial charge < -0.3 is 14.3 Å². The molecule has 5 rings (SSSR count). The number of fused-ring (bicyclic) bond motifs is 1.